The second-order valence-corrected chi connectivity index (χ2v) is 6.28. The van der Waals surface area contributed by atoms with E-state index in [0.29, 0.717) is 0 Å². The molecule has 3 nitrogen and oxygen atoms in total. The van der Waals surface area contributed by atoms with Crippen LogP contribution in [-0.4, -0.2) is 25.2 Å². The Bertz CT molecular complexity index is 616. The van der Waals surface area contributed by atoms with Gasteiger partial charge in [-0.1, -0.05) is 13.8 Å². The van der Waals surface area contributed by atoms with Gasteiger partial charge in [-0.15, -0.1) is 0 Å². The molecule has 0 bridgehead atoms. The SMILES string of the molecule is COc1ccc2nccc(N3CCC(C(C)C)CC3)c2c1. The molecule has 0 atom stereocenters. The lowest BCUT2D eigenvalue weighted by atomic mass is 9.86. The van der Waals surface area contributed by atoms with Crippen molar-refractivity contribution in [3.63, 3.8) is 0 Å². The second kappa shape index (κ2) is 5.92. The molecule has 1 aromatic carbocycles. The molecule has 2 aromatic rings. The maximum atomic E-state index is 5.37. The molecule has 1 saturated heterocycles. The smallest absolute Gasteiger partial charge is 0.119 e. The van der Waals surface area contributed by atoms with Crippen molar-refractivity contribution < 1.29 is 4.74 Å². The van der Waals surface area contributed by atoms with E-state index >= 15 is 0 Å². The van der Waals surface area contributed by atoms with E-state index in [1.807, 2.05) is 18.3 Å². The van der Waals surface area contributed by atoms with Crippen LogP contribution in [0.1, 0.15) is 26.7 Å². The average molecular weight is 284 g/mol. The number of rotatable bonds is 3. The first-order chi connectivity index (χ1) is 10.2. The van der Waals surface area contributed by atoms with Crippen LogP contribution in [0, 0.1) is 11.8 Å². The van der Waals surface area contributed by atoms with Gasteiger partial charge < -0.3 is 9.64 Å². The van der Waals surface area contributed by atoms with Gasteiger partial charge in [0.2, 0.25) is 0 Å². The van der Waals surface area contributed by atoms with Crippen LogP contribution >= 0.6 is 0 Å². The summed E-state index contributed by atoms with van der Waals surface area (Å²) in [4.78, 5) is 6.98. The van der Waals surface area contributed by atoms with Crippen molar-refractivity contribution in [2.75, 3.05) is 25.1 Å². The zero-order valence-electron chi connectivity index (χ0n) is 13.2. The topological polar surface area (TPSA) is 25.4 Å². The van der Waals surface area contributed by atoms with Gasteiger partial charge in [0.1, 0.15) is 5.75 Å². The first-order valence-electron chi connectivity index (χ1n) is 7.86. The lowest BCUT2D eigenvalue weighted by Crippen LogP contribution is -2.35. The first kappa shape index (κ1) is 14.2. The van der Waals surface area contributed by atoms with Crippen molar-refractivity contribution in [1.29, 1.82) is 0 Å². The zero-order chi connectivity index (χ0) is 14.8. The highest BCUT2D eigenvalue weighted by molar-refractivity contribution is 5.92. The predicted octanol–water partition coefficient (Wildman–Crippen LogP) is 4.12. The molecule has 1 fully saturated rings. The minimum absolute atomic E-state index is 0.793. The fourth-order valence-corrected chi connectivity index (χ4v) is 3.32. The van der Waals surface area contributed by atoms with Gasteiger partial charge in [-0.05, 0) is 48.9 Å². The number of anilines is 1. The third kappa shape index (κ3) is 2.82. The zero-order valence-corrected chi connectivity index (χ0v) is 13.2. The Balaban J connectivity index is 1.90. The second-order valence-electron chi connectivity index (χ2n) is 6.28. The van der Waals surface area contributed by atoms with Gasteiger partial charge in [0, 0.05) is 30.4 Å². The summed E-state index contributed by atoms with van der Waals surface area (Å²) in [6, 6.07) is 8.26. The van der Waals surface area contributed by atoms with Crippen molar-refractivity contribution in [2.45, 2.75) is 26.7 Å². The minimum Gasteiger partial charge on any atom is -0.497 e. The molecule has 1 aliphatic rings. The molecule has 112 valence electrons. The Morgan fingerprint density at radius 3 is 2.62 bits per heavy atom. The number of aromatic nitrogens is 1. The van der Waals surface area contributed by atoms with Crippen LogP contribution in [0.25, 0.3) is 10.9 Å². The van der Waals surface area contributed by atoms with Crippen molar-refractivity contribution in [3.8, 4) is 5.75 Å². The quantitative estimate of drug-likeness (QED) is 0.848. The summed E-state index contributed by atoms with van der Waals surface area (Å²) < 4.78 is 5.37. The maximum absolute atomic E-state index is 5.37. The summed E-state index contributed by atoms with van der Waals surface area (Å²) in [5, 5.41) is 1.19. The first-order valence-corrected chi connectivity index (χ1v) is 7.86. The predicted molar refractivity (Wildman–Crippen MR) is 88.1 cm³/mol. The van der Waals surface area contributed by atoms with E-state index in [1.54, 1.807) is 7.11 Å². The Labute approximate surface area is 126 Å². The summed E-state index contributed by atoms with van der Waals surface area (Å²) in [6.07, 6.45) is 4.48. The number of pyridine rings is 1. The number of methoxy groups -OCH3 is 1. The third-order valence-corrected chi connectivity index (χ3v) is 4.75. The monoisotopic (exact) mass is 284 g/mol. The largest absolute Gasteiger partial charge is 0.497 e. The van der Waals surface area contributed by atoms with Gasteiger partial charge in [-0.25, -0.2) is 0 Å². The van der Waals surface area contributed by atoms with Gasteiger partial charge >= 0.3 is 0 Å². The fourth-order valence-electron chi connectivity index (χ4n) is 3.32. The van der Waals surface area contributed by atoms with E-state index in [9.17, 15) is 0 Å². The molecular formula is C18H24N2O. The van der Waals surface area contributed by atoms with Crippen LogP contribution in [-0.2, 0) is 0 Å². The van der Waals surface area contributed by atoms with E-state index in [1.165, 1.54) is 23.9 Å². The van der Waals surface area contributed by atoms with E-state index in [-0.39, 0.29) is 0 Å². The molecule has 0 radical (unpaired) electrons. The molecule has 0 unspecified atom stereocenters. The van der Waals surface area contributed by atoms with Crippen LogP contribution in [0.2, 0.25) is 0 Å². The summed E-state index contributed by atoms with van der Waals surface area (Å²) in [5.74, 6) is 2.55. The summed E-state index contributed by atoms with van der Waals surface area (Å²) in [5.41, 5.74) is 2.33. The molecule has 0 N–H and O–H groups in total. The van der Waals surface area contributed by atoms with Gasteiger partial charge in [0.15, 0.2) is 0 Å². The number of piperidine rings is 1. The number of ether oxygens (including phenoxy) is 1. The number of hydrogen-bond donors (Lipinski definition) is 0. The third-order valence-electron chi connectivity index (χ3n) is 4.75. The number of hydrogen-bond acceptors (Lipinski definition) is 3. The molecule has 3 heteroatoms. The Morgan fingerprint density at radius 1 is 1.19 bits per heavy atom. The Kier molecular flexibility index (Phi) is 4.00. The van der Waals surface area contributed by atoms with E-state index in [2.05, 4.69) is 35.9 Å². The van der Waals surface area contributed by atoms with Crippen molar-refractivity contribution in [1.82, 2.24) is 4.98 Å². The molecule has 1 aromatic heterocycles. The van der Waals surface area contributed by atoms with Crippen molar-refractivity contribution in [2.24, 2.45) is 11.8 Å². The Morgan fingerprint density at radius 2 is 1.95 bits per heavy atom. The van der Waals surface area contributed by atoms with Gasteiger partial charge in [-0.2, -0.15) is 0 Å². The number of benzene rings is 1. The fraction of sp³-hybridized carbons (Fsp3) is 0.500. The van der Waals surface area contributed by atoms with E-state index in [0.717, 1.165) is 36.2 Å². The highest BCUT2D eigenvalue weighted by atomic mass is 16.5. The van der Waals surface area contributed by atoms with Crippen LogP contribution < -0.4 is 9.64 Å². The van der Waals surface area contributed by atoms with Gasteiger partial charge in [0.25, 0.3) is 0 Å². The van der Waals surface area contributed by atoms with Crippen LogP contribution in [0.3, 0.4) is 0 Å². The average Bonchev–Trinajstić information content (AvgIpc) is 2.54. The van der Waals surface area contributed by atoms with E-state index < -0.39 is 0 Å². The standard InChI is InChI=1S/C18H24N2O/c1-13(2)14-7-10-20(11-8-14)18-6-9-19-17-5-4-15(21-3)12-16(17)18/h4-6,9,12-14H,7-8,10-11H2,1-3H3. The Hall–Kier alpha value is -1.77. The molecule has 0 spiro atoms. The van der Waals surface area contributed by atoms with Gasteiger partial charge in [0.05, 0.1) is 12.6 Å². The summed E-state index contributed by atoms with van der Waals surface area (Å²) in [6.45, 7) is 6.96. The van der Waals surface area contributed by atoms with Crippen LogP contribution in [0.15, 0.2) is 30.5 Å². The highest BCUT2D eigenvalue weighted by Crippen LogP contribution is 2.33. The number of nitrogens with zero attached hydrogens (tertiary/aromatic N) is 2. The van der Waals surface area contributed by atoms with Crippen LogP contribution in [0.5, 0.6) is 5.75 Å². The molecule has 0 saturated carbocycles. The highest BCUT2D eigenvalue weighted by Gasteiger charge is 2.22. The van der Waals surface area contributed by atoms with E-state index in [4.69, 9.17) is 4.74 Å². The lowest BCUT2D eigenvalue weighted by molar-refractivity contribution is 0.311. The molecule has 3 rings (SSSR count). The maximum Gasteiger partial charge on any atom is 0.119 e. The summed E-state index contributed by atoms with van der Waals surface area (Å²) >= 11 is 0. The molecule has 21 heavy (non-hydrogen) atoms. The molecule has 2 heterocycles. The molecule has 0 amide bonds. The van der Waals surface area contributed by atoms with Crippen molar-refractivity contribution in [3.05, 3.63) is 30.5 Å². The molecular weight excluding hydrogens is 260 g/mol. The summed E-state index contributed by atoms with van der Waals surface area (Å²) in [7, 11) is 1.71. The number of fused-ring (bicyclic) bond motifs is 1. The van der Waals surface area contributed by atoms with Crippen molar-refractivity contribution >= 4 is 16.6 Å². The molecule has 1 aliphatic heterocycles. The van der Waals surface area contributed by atoms with Crippen LogP contribution in [0.4, 0.5) is 5.69 Å². The minimum atomic E-state index is 0.793. The lowest BCUT2D eigenvalue weighted by Gasteiger charge is -2.35. The van der Waals surface area contributed by atoms with Gasteiger partial charge in [-0.3, -0.25) is 4.98 Å². The molecule has 0 aliphatic carbocycles. The normalized spacial score (nSPS) is 16.7.